The van der Waals surface area contributed by atoms with Gasteiger partial charge >= 0.3 is 0 Å². The molecule has 3 heterocycles. The summed E-state index contributed by atoms with van der Waals surface area (Å²) in [5.41, 5.74) is 4.42. The molecule has 1 unspecified atom stereocenters. The highest BCUT2D eigenvalue weighted by molar-refractivity contribution is 7.99. The standard InChI is InChI=1S/C56H58O10S/c1-2-33-58-52-50(59-35-41-23-11-4-12-24-41)49-47(39-62-54(65-49)44-29-17-7-18-30-44)63-55(52)66-48-46(38-57-34-40-21-9-3-10-22-40)64-56(67-45-31-19-8-20-32-45)53(61-37-43-27-15-6-16-28-43)51(48)60-36-42-25-13-5-14-26-42/h2-32,46-56H,1,33-39H2/t46-,47-,48-,49+,50+,51+,52-,53-,54?,55+,56+/m1/s1. The molecular formula is C56H58O10S. The first-order valence-corrected chi connectivity index (χ1v) is 23.9. The van der Waals surface area contributed by atoms with Crippen LogP contribution in [0.2, 0.25) is 0 Å². The summed E-state index contributed by atoms with van der Waals surface area (Å²) in [6.45, 7) is 5.87. The molecule has 348 valence electrons. The topological polar surface area (TPSA) is 92.3 Å². The highest BCUT2D eigenvalue weighted by atomic mass is 32.2. The van der Waals surface area contributed by atoms with Crippen molar-refractivity contribution in [2.45, 2.75) is 98.2 Å². The quantitative estimate of drug-likeness (QED) is 0.0646. The van der Waals surface area contributed by atoms with Gasteiger partial charge in [0.25, 0.3) is 0 Å². The van der Waals surface area contributed by atoms with E-state index >= 15 is 0 Å². The lowest BCUT2D eigenvalue weighted by Crippen LogP contribution is -2.67. The minimum absolute atomic E-state index is 0.178. The van der Waals surface area contributed by atoms with Crippen molar-refractivity contribution < 1.29 is 47.4 Å². The zero-order valence-electron chi connectivity index (χ0n) is 37.4. The van der Waals surface area contributed by atoms with E-state index in [1.54, 1.807) is 17.8 Å². The number of ether oxygens (including phenoxy) is 10. The molecule has 0 spiro atoms. The van der Waals surface area contributed by atoms with Crippen LogP contribution in [0.5, 0.6) is 0 Å². The number of rotatable bonds is 21. The molecule has 0 aliphatic carbocycles. The van der Waals surface area contributed by atoms with Crippen molar-refractivity contribution in [2.24, 2.45) is 0 Å². The second-order valence-corrected chi connectivity index (χ2v) is 17.8. The molecule has 11 atom stereocenters. The van der Waals surface area contributed by atoms with Crippen LogP contribution in [0.3, 0.4) is 0 Å². The Hall–Kier alpha value is -4.99. The molecule has 3 aliphatic rings. The Morgan fingerprint density at radius 2 is 1.01 bits per heavy atom. The maximum atomic E-state index is 7.39. The van der Waals surface area contributed by atoms with E-state index in [0.717, 1.165) is 32.7 Å². The number of hydrogen-bond donors (Lipinski definition) is 0. The molecule has 67 heavy (non-hydrogen) atoms. The minimum Gasteiger partial charge on any atom is -0.374 e. The molecule has 6 aromatic rings. The summed E-state index contributed by atoms with van der Waals surface area (Å²) in [6, 6.07) is 60.5. The molecule has 10 nitrogen and oxygen atoms in total. The average molecular weight is 923 g/mol. The van der Waals surface area contributed by atoms with Gasteiger partial charge in [-0.25, -0.2) is 0 Å². The molecule has 9 rings (SSSR count). The van der Waals surface area contributed by atoms with E-state index in [0.29, 0.717) is 19.8 Å². The highest BCUT2D eigenvalue weighted by Gasteiger charge is 2.56. The Morgan fingerprint density at radius 3 is 1.58 bits per heavy atom. The van der Waals surface area contributed by atoms with Crippen LogP contribution in [0, 0.1) is 0 Å². The molecule has 3 fully saturated rings. The maximum absolute atomic E-state index is 7.39. The smallest absolute Gasteiger partial charge is 0.187 e. The maximum Gasteiger partial charge on any atom is 0.187 e. The largest absolute Gasteiger partial charge is 0.374 e. The number of benzene rings is 6. The van der Waals surface area contributed by atoms with Crippen molar-refractivity contribution in [3.63, 3.8) is 0 Å². The Labute approximate surface area is 398 Å². The second-order valence-electron chi connectivity index (χ2n) is 16.7. The van der Waals surface area contributed by atoms with Crippen molar-refractivity contribution in [3.8, 4) is 0 Å². The third kappa shape index (κ3) is 12.8. The van der Waals surface area contributed by atoms with Crippen molar-refractivity contribution >= 4 is 11.8 Å². The van der Waals surface area contributed by atoms with Gasteiger partial charge in [0.05, 0.1) is 46.2 Å². The molecule has 11 heteroatoms. The first-order chi connectivity index (χ1) is 33.2. The van der Waals surface area contributed by atoms with E-state index in [2.05, 4.69) is 43.0 Å². The number of hydrogen-bond acceptors (Lipinski definition) is 11. The molecular weight excluding hydrogens is 865 g/mol. The molecule has 0 radical (unpaired) electrons. The first kappa shape index (κ1) is 47.1. The third-order valence-electron chi connectivity index (χ3n) is 11.9. The predicted octanol–water partition coefficient (Wildman–Crippen LogP) is 10.3. The molecule has 3 saturated heterocycles. The van der Waals surface area contributed by atoms with E-state index in [1.165, 1.54) is 0 Å². The Kier molecular flexibility index (Phi) is 17.1. The summed E-state index contributed by atoms with van der Waals surface area (Å²) in [5, 5.41) is 0. The summed E-state index contributed by atoms with van der Waals surface area (Å²) in [6.07, 6.45) is -5.35. The molecule has 3 aliphatic heterocycles. The van der Waals surface area contributed by atoms with Gasteiger partial charge in [0.2, 0.25) is 0 Å². The van der Waals surface area contributed by atoms with Gasteiger partial charge < -0.3 is 47.4 Å². The summed E-state index contributed by atoms with van der Waals surface area (Å²) in [4.78, 5) is 1.02. The Balaban J connectivity index is 1.08. The van der Waals surface area contributed by atoms with Crippen LogP contribution >= 0.6 is 11.8 Å². The van der Waals surface area contributed by atoms with Crippen molar-refractivity contribution in [3.05, 3.63) is 222 Å². The van der Waals surface area contributed by atoms with E-state index in [4.69, 9.17) is 47.4 Å². The van der Waals surface area contributed by atoms with E-state index in [9.17, 15) is 0 Å². The fourth-order valence-corrected chi connectivity index (χ4v) is 9.72. The highest BCUT2D eigenvalue weighted by Crippen LogP contribution is 2.42. The van der Waals surface area contributed by atoms with Crippen molar-refractivity contribution in [1.82, 2.24) is 0 Å². The monoisotopic (exact) mass is 922 g/mol. The molecule has 0 bridgehead atoms. The van der Waals surface area contributed by atoms with Gasteiger partial charge in [-0.3, -0.25) is 0 Å². The summed E-state index contributed by atoms with van der Waals surface area (Å²) < 4.78 is 69.0. The third-order valence-corrected chi connectivity index (χ3v) is 13.0. The lowest BCUT2D eigenvalue weighted by atomic mass is 9.95. The van der Waals surface area contributed by atoms with Gasteiger partial charge in [0, 0.05) is 10.5 Å². The molecule has 0 aromatic heterocycles. The summed E-state index contributed by atoms with van der Waals surface area (Å²) in [5.74, 6) is 0. The molecule has 0 saturated carbocycles. The fourth-order valence-electron chi connectivity index (χ4n) is 8.57. The van der Waals surface area contributed by atoms with Crippen LogP contribution in [0.1, 0.15) is 34.1 Å². The van der Waals surface area contributed by atoms with Gasteiger partial charge in [0.1, 0.15) is 54.3 Å². The average Bonchev–Trinajstić information content (AvgIpc) is 3.39. The molecule has 0 N–H and O–H groups in total. The predicted molar refractivity (Wildman–Crippen MR) is 256 cm³/mol. The summed E-state index contributed by atoms with van der Waals surface area (Å²) >= 11 is 1.59. The van der Waals surface area contributed by atoms with Crippen LogP contribution in [0.4, 0.5) is 0 Å². The van der Waals surface area contributed by atoms with Crippen molar-refractivity contribution in [1.29, 1.82) is 0 Å². The van der Waals surface area contributed by atoms with Crippen LogP contribution in [-0.2, 0) is 73.8 Å². The van der Waals surface area contributed by atoms with Gasteiger partial charge in [-0.2, -0.15) is 0 Å². The SMILES string of the molecule is C=CCO[C@H]1[C@H](O[C@H]2[C@H](OCc3ccccc3)[C@@H](OCc3ccccc3)[C@H](Sc3ccccc3)O[C@@H]2COCc2ccccc2)O[C@@H]2COC(c3ccccc3)O[C@@H]2[C@@H]1OCc1ccccc1. The normalized spacial score (nSPS) is 27.2. The number of fused-ring (bicyclic) bond motifs is 1. The molecule has 0 amide bonds. The van der Waals surface area contributed by atoms with E-state index in [1.807, 2.05) is 146 Å². The van der Waals surface area contributed by atoms with Gasteiger partial charge in [0.15, 0.2) is 12.6 Å². The second kappa shape index (κ2) is 24.3. The lowest BCUT2D eigenvalue weighted by Gasteiger charge is -2.51. The number of thioether (sulfide) groups is 1. The van der Waals surface area contributed by atoms with Crippen LogP contribution in [0.15, 0.2) is 200 Å². The van der Waals surface area contributed by atoms with Crippen LogP contribution < -0.4 is 0 Å². The zero-order chi connectivity index (χ0) is 45.5. The minimum atomic E-state index is -1.01. The van der Waals surface area contributed by atoms with Gasteiger partial charge in [-0.05, 0) is 34.4 Å². The van der Waals surface area contributed by atoms with Gasteiger partial charge in [-0.15, -0.1) is 6.58 Å². The van der Waals surface area contributed by atoms with Crippen molar-refractivity contribution in [2.75, 3.05) is 19.8 Å². The zero-order valence-corrected chi connectivity index (χ0v) is 38.2. The Morgan fingerprint density at radius 1 is 0.507 bits per heavy atom. The van der Waals surface area contributed by atoms with Gasteiger partial charge in [-0.1, -0.05) is 188 Å². The van der Waals surface area contributed by atoms with Crippen LogP contribution in [0.25, 0.3) is 0 Å². The first-order valence-electron chi connectivity index (χ1n) is 23.0. The Bertz CT molecular complexity index is 2330. The van der Waals surface area contributed by atoms with E-state index < -0.39 is 66.8 Å². The fraction of sp³-hybridized carbons (Fsp3) is 0.321. The lowest BCUT2D eigenvalue weighted by molar-refractivity contribution is -0.387. The summed E-state index contributed by atoms with van der Waals surface area (Å²) in [7, 11) is 0. The molecule has 6 aromatic carbocycles. The van der Waals surface area contributed by atoms with Crippen LogP contribution in [-0.4, -0.2) is 80.4 Å². The van der Waals surface area contributed by atoms with E-state index in [-0.39, 0.29) is 26.4 Å².